The molecule has 1 unspecified atom stereocenters. The van der Waals surface area contributed by atoms with E-state index in [2.05, 4.69) is 36.9 Å². The van der Waals surface area contributed by atoms with E-state index in [1.165, 1.54) is 24.3 Å². The topological polar surface area (TPSA) is 0 Å². The molecule has 4 aromatic rings. The van der Waals surface area contributed by atoms with Crippen LogP contribution in [0.4, 0.5) is 8.78 Å². The van der Waals surface area contributed by atoms with Crippen molar-refractivity contribution in [3.8, 4) is 0 Å². The number of hydrogen-bond acceptors (Lipinski definition) is 0. The van der Waals surface area contributed by atoms with E-state index in [-0.39, 0.29) is 17.6 Å². The Bertz CT molecular complexity index is 1210. The quantitative estimate of drug-likeness (QED) is 0.299. The Morgan fingerprint density at radius 3 is 1.44 bits per heavy atom. The van der Waals surface area contributed by atoms with Crippen molar-refractivity contribution in [3.63, 3.8) is 0 Å². The van der Waals surface area contributed by atoms with E-state index in [0.717, 1.165) is 33.4 Å². The van der Waals surface area contributed by atoms with Crippen molar-refractivity contribution in [2.45, 2.75) is 12.3 Å². The van der Waals surface area contributed by atoms with Crippen LogP contribution in [0.1, 0.15) is 29.2 Å². The second-order valence-corrected chi connectivity index (χ2v) is 8.19. The lowest BCUT2D eigenvalue weighted by atomic mass is 9.85. The van der Waals surface area contributed by atoms with Gasteiger partial charge in [-0.15, -0.1) is 5.73 Å². The molecular formula is C30H22F2. The summed E-state index contributed by atoms with van der Waals surface area (Å²) in [6, 6.07) is 33.7. The Morgan fingerprint density at radius 2 is 1.03 bits per heavy atom. The van der Waals surface area contributed by atoms with Gasteiger partial charge in [0.25, 0.3) is 0 Å². The predicted molar refractivity (Wildman–Crippen MR) is 125 cm³/mol. The van der Waals surface area contributed by atoms with Crippen LogP contribution in [0.15, 0.2) is 120 Å². The summed E-state index contributed by atoms with van der Waals surface area (Å²) < 4.78 is 27.4. The van der Waals surface area contributed by atoms with Gasteiger partial charge in [-0.25, -0.2) is 8.78 Å². The Morgan fingerprint density at radius 1 is 0.625 bits per heavy atom. The zero-order chi connectivity index (χ0) is 22.1. The predicted octanol–water partition coefficient (Wildman–Crippen LogP) is 7.56. The number of benzene rings is 4. The van der Waals surface area contributed by atoms with E-state index in [4.69, 9.17) is 0 Å². The molecule has 1 aliphatic carbocycles. The SMILES string of the molecule is CC1C(=C=C(c2ccccc2)c2ccccc2)C1(c1ccc(F)cc1)c1ccc(F)cc1. The standard InChI is InChI=1S/C30H22F2/c1-21-29(20-28(22-8-4-2-5-9-22)23-10-6-3-7-11-23)30(21,24-12-16-26(31)17-13-24)25-14-18-27(32)19-15-25/h2-19,21H,1H3. The maximum absolute atomic E-state index is 13.7. The molecule has 0 bridgehead atoms. The van der Waals surface area contributed by atoms with Gasteiger partial charge in [-0.05, 0) is 52.1 Å². The van der Waals surface area contributed by atoms with Crippen molar-refractivity contribution in [1.29, 1.82) is 0 Å². The molecule has 1 aliphatic rings. The summed E-state index contributed by atoms with van der Waals surface area (Å²) in [5.74, 6) is -0.404. The molecule has 0 aliphatic heterocycles. The van der Waals surface area contributed by atoms with Crippen LogP contribution in [-0.4, -0.2) is 0 Å². The van der Waals surface area contributed by atoms with Gasteiger partial charge in [0.15, 0.2) is 0 Å². The fourth-order valence-corrected chi connectivity index (χ4v) is 4.75. The Balaban J connectivity index is 1.79. The average molecular weight is 421 g/mol. The van der Waals surface area contributed by atoms with Crippen molar-refractivity contribution in [1.82, 2.24) is 0 Å². The zero-order valence-electron chi connectivity index (χ0n) is 17.7. The highest BCUT2D eigenvalue weighted by atomic mass is 19.1. The average Bonchev–Trinajstić information content (AvgIpc) is 3.43. The fourth-order valence-electron chi connectivity index (χ4n) is 4.75. The maximum atomic E-state index is 13.7. The molecule has 0 saturated heterocycles. The van der Waals surface area contributed by atoms with Gasteiger partial charge in [0.1, 0.15) is 11.6 Å². The summed E-state index contributed by atoms with van der Waals surface area (Å²) in [5, 5.41) is 0. The number of halogens is 2. The summed E-state index contributed by atoms with van der Waals surface area (Å²) >= 11 is 0. The minimum atomic E-state index is -0.462. The summed E-state index contributed by atoms with van der Waals surface area (Å²) in [5.41, 5.74) is 9.53. The monoisotopic (exact) mass is 420 g/mol. The van der Waals surface area contributed by atoms with Crippen molar-refractivity contribution in [2.24, 2.45) is 5.92 Å². The highest BCUT2D eigenvalue weighted by Gasteiger charge is 2.59. The van der Waals surface area contributed by atoms with Crippen LogP contribution in [0.3, 0.4) is 0 Å². The molecule has 5 rings (SSSR count). The van der Waals surface area contributed by atoms with Crippen LogP contribution in [-0.2, 0) is 5.41 Å². The van der Waals surface area contributed by atoms with Gasteiger partial charge in [-0.1, -0.05) is 91.9 Å². The van der Waals surface area contributed by atoms with Gasteiger partial charge in [-0.2, -0.15) is 0 Å². The van der Waals surface area contributed by atoms with E-state index in [0.29, 0.717) is 0 Å². The number of allylic oxidation sites excluding steroid dienone is 1. The van der Waals surface area contributed by atoms with E-state index in [9.17, 15) is 8.78 Å². The molecule has 156 valence electrons. The van der Waals surface area contributed by atoms with Gasteiger partial charge in [0, 0.05) is 11.5 Å². The minimum Gasteiger partial charge on any atom is -0.207 e. The molecule has 0 N–H and O–H groups in total. The van der Waals surface area contributed by atoms with Gasteiger partial charge in [0.2, 0.25) is 0 Å². The summed E-state index contributed by atoms with van der Waals surface area (Å²) in [6.45, 7) is 2.16. The van der Waals surface area contributed by atoms with Crippen molar-refractivity contribution in [3.05, 3.63) is 154 Å². The lowest BCUT2D eigenvalue weighted by Gasteiger charge is -2.17. The molecule has 2 heteroatoms. The highest BCUT2D eigenvalue weighted by molar-refractivity contribution is 5.81. The molecule has 1 atom stereocenters. The van der Waals surface area contributed by atoms with Crippen LogP contribution >= 0.6 is 0 Å². The highest BCUT2D eigenvalue weighted by Crippen LogP contribution is 2.63. The van der Waals surface area contributed by atoms with Gasteiger partial charge < -0.3 is 0 Å². The third-order valence-electron chi connectivity index (χ3n) is 6.41. The summed E-state index contributed by atoms with van der Waals surface area (Å²) in [6.07, 6.45) is 0. The first kappa shape index (κ1) is 20.2. The molecule has 1 saturated carbocycles. The molecule has 1 fully saturated rings. The van der Waals surface area contributed by atoms with Crippen LogP contribution in [0.25, 0.3) is 5.57 Å². The lowest BCUT2D eigenvalue weighted by molar-refractivity contribution is 0.623. The second-order valence-electron chi connectivity index (χ2n) is 8.19. The minimum absolute atomic E-state index is 0.140. The van der Waals surface area contributed by atoms with E-state index < -0.39 is 5.41 Å². The van der Waals surface area contributed by atoms with Crippen LogP contribution in [0.5, 0.6) is 0 Å². The molecule has 0 nitrogen and oxygen atoms in total. The third kappa shape index (κ3) is 3.39. The molecule has 4 aromatic carbocycles. The lowest BCUT2D eigenvalue weighted by Crippen LogP contribution is -2.12. The molecule has 0 amide bonds. The molecular weight excluding hydrogens is 398 g/mol. The second kappa shape index (κ2) is 8.07. The Kier molecular flexibility index (Phi) is 5.09. The van der Waals surface area contributed by atoms with Gasteiger partial charge >= 0.3 is 0 Å². The summed E-state index contributed by atoms with van der Waals surface area (Å²) in [7, 11) is 0. The number of hydrogen-bond donors (Lipinski definition) is 0. The van der Waals surface area contributed by atoms with Crippen molar-refractivity contribution >= 4 is 5.57 Å². The van der Waals surface area contributed by atoms with Gasteiger partial charge in [0.05, 0.1) is 5.41 Å². The van der Waals surface area contributed by atoms with Gasteiger partial charge in [-0.3, -0.25) is 0 Å². The van der Waals surface area contributed by atoms with Crippen molar-refractivity contribution < 1.29 is 8.78 Å². The van der Waals surface area contributed by atoms with Crippen molar-refractivity contribution in [2.75, 3.05) is 0 Å². The summed E-state index contributed by atoms with van der Waals surface area (Å²) in [4.78, 5) is 0. The molecule has 0 heterocycles. The van der Waals surface area contributed by atoms with Crippen LogP contribution < -0.4 is 0 Å². The molecule has 0 aromatic heterocycles. The van der Waals surface area contributed by atoms with E-state index >= 15 is 0 Å². The molecule has 32 heavy (non-hydrogen) atoms. The smallest absolute Gasteiger partial charge is 0.123 e. The Labute approximate surface area is 187 Å². The maximum Gasteiger partial charge on any atom is 0.123 e. The molecule has 0 radical (unpaired) electrons. The first-order valence-electron chi connectivity index (χ1n) is 10.7. The molecule has 0 spiro atoms. The zero-order valence-corrected chi connectivity index (χ0v) is 17.7. The van der Waals surface area contributed by atoms with E-state index in [1.807, 2.05) is 60.7 Å². The first-order chi connectivity index (χ1) is 15.6. The Hall–Kier alpha value is -3.74. The normalized spacial score (nSPS) is 16.3. The number of rotatable bonds is 4. The first-order valence-corrected chi connectivity index (χ1v) is 10.7. The fraction of sp³-hybridized carbons (Fsp3) is 0.100. The van der Waals surface area contributed by atoms with Crippen LogP contribution in [0, 0.1) is 17.6 Å². The largest absolute Gasteiger partial charge is 0.207 e. The third-order valence-corrected chi connectivity index (χ3v) is 6.41. The van der Waals surface area contributed by atoms with E-state index in [1.54, 1.807) is 0 Å². The van der Waals surface area contributed by atoms with Crippen LogP contribution in [0.2, 0.25) is 0 Å².